The van der Waals surface area contributed by atoms with Crippen molar-refractivity contribution in [1.29, 1.82) is 0 Å². The van der Waals surface area contributed by atoms with Crippen LogP contribution in [-0.2, 0) is 0 Å². The largest absolute Gasteiger partial charge is 0.494 e. The molecule has 0 fully saturated rings. The average molecular weight is 306 g/mol. The van der Waals surface area contributed by atoms with E-state index in [9.17, 15) is 0 Å². The molecule has 5 nitrogen and oxygen atoms in total. The van der Waals surface area contributed by atoms with Crippen molar-refractivity contribution >= 4 is 5.96 Å². The van der Waals surface area contributed by atoms with E-state index in [2.05, 4.69) is 41.5 Å². The van der Waals surface area contributed by atoms with Crippen molar-refractivity contribution in [3.05, 3.63) is 30.3 Å². The summed E-state index contributed by atoms with van der Waals surface area (Å²) in [6, 6.07) is 9.89. The number of benzene rings is 1. The van der Waals surface area contributed by atoms with E-state index in [4.69, 9.17) is 4.74 Å². The van der Waals surface area contributed by atoms with Crippen LogP contribution in [0.15, 0.2) is 35.3 Å². The first-order valence-corrected chi connectivity index (χ1v) is 8.07. The molecule has 0 saturated heterocycles. The van der Waals surface area contributed by atoms with Gasteiger partial charge in [-0.3, -0.25) is 4.99 Å². The molecule has 2 N–H and O–H groups in total. The van der Waals surface area contributed by atoms with Crippen LogP contribution in [0.1, 0.15) is 19.8 Å². The van der Waals surface area contributed by atoms with Gasteiger partial charge in [0.1, 0.15) is 5.75 Å². The summed E-state index contributed by atoms with van der Waals surface area (Å²) in [7, 11) is 4.18. The predicted octanol–water partition coefficient (Wildman–Crippen LogP) is 1.96. The summed E-state index contributed by atoms with van der Waals surface area (Å²) >= 11 is 0. The van der Waals surface area contributed by atoms with Crippen LogP contribution in [0.3, 0.4) is 0 Å². The standard InChI is InChI=1S/C17H30N4O/c1-4-18-17(19-12-8-14-21(2)3)20-13-9-15-22-16-10-6-5-7-11-16/h5-7,10-11H,4,8-9,12-15H2,1-3H3,(H2,18,19,20). The quantitative estimate of drug-likeness (QED) is 0.394. The molecule has 1 rings (SSSR count). The lowest BCUT2D eigenvalue weighted by Crippen LogP contribution is -2.38. The van der Waals surface area contributed by atoms with Crippen LogP contribution in [0.4, 0.5) is 0 Å². The number of nitrogens with zero attached hydrogens (tertiary/aromatic N) is 2. The summed E-state index contributed by atoms with van der Waals surface area (Å²) in [4.78, 5) is 6.75. The molecule has 5 heteroatoms. The van der Waals surface area contributed by atoms with E-state index in [-0.39, 0.29) is 0 Å². The Kier molecular flexibility index (Phi) is 9.87. The van der Waals surface area contributed by atoms with E-state index in [1.807, 2.05) is 30.3 Å². The second kappa shape index (κ2) is 11.9. The number of hydrogen-bond acceptors (Lipinski definition) is 3. The highest BCUT2D eigenvalue weighted by Gasteiger charge is 1.97. The summed E-state index contributed by atoms with van der Waals surface area (Å²) in [5.41, 5.74) is 0. The normalized spacial score (nSPS) is 11.5. The Labute approximate surface area is 134 Å². The third-order valence-electron chi connectivity index (χ3n) is 3.00. The van der Waals surface area contributed by atoms with E-state index >= 15 is 0 Å². The summed E-state index contributed by atoms with van der Waals surface area (Å²) in [6.07, 6.45) is 2.01. The Morgan fingerprint density at radius 1 is 1.14 bits per heavy atom. The van der Waals surface area contributed by atoms with Crippen molar-refractivity contribution in [2.75, 3.05) is 46.9 Å². The molecular formula is C17H30N4O. The minimum Gasteiger partial charge on any atom is -0.494 e. The molecule has 0 spiro atoms. The van der Waals surface area contributed by atoms with Gasteiger partial charge in [0.2, 0.25) is 0 Å². The van der Waals surface area contributed by atoms with Gasteiger partial charge in [-0.15, -0.1) is 0 Å². The Morgan fingerprint density at radius 3 is 2.59 bits per heavy atom. The molecule has 0 unspecified atom stereocenters. The third-order valence-corrected chi connectivity index (χ3v) is 3.00. The molecule has 0 aliphatic heterocycles. The maximum atomic E-state index is 5.66. The highest BCUT2D eigenvalue weighted by atomic mass is 16.5. The van der Waals surface area contributed by atoms with E-state index in [1.54, 1.807) is 0 Å². The van der Waals surface area contributed by atoms with Crippen LogP contribution in [0, 0.1) is 0 Å². The molecule has 0 atom stereocenters. The second-order valence-electron chi connectivity index (χ2n) is 5.36. The Balaban J connectivity index is 2.18. The SMILES string of the molecule is CCNC(=NCCCOc1ccccc1)NCCCN(C)C. The van der Waals surface area contributed by atoms with Gasteiger partial charge >= 0.3 is 0 Å². The molecule has 0 radical (unpaired) electrons. The van der Waals surface area contributed by atoms with Crippen LogP contribution in [-0.4, -0.2) is 57.7 Å². The zero-order valence-electron chi connectivity index (χ0n) is 14.1. The zero-order valence-corrected chi connectivity index (χ0v) is 14.1. The summed E-state index contributed by atoms with van der Waals surface area (Å²) in [6.45, 7) is 6.42. The van der Waals surface area contributed by atoms with Gasteiger partial charge in [-0.25, -0.2) is 0 Å². The zero-order chi connectivity index (χ0) is 16.0. The van der Waals surface area contributed by atoms with Gasteiger partial charge in [0.05, 0.1) is 6.61 Å². The van der Waals surface area contributed by atoms with Crippen LogP contribution in [0.2, 0.25) is 0 Å². The lowest BCUT2D eigenvalue weighted by atomic mass is 10.3. The minimum atomic E-state index is 0.688. The molecule has 1 aromatic carbocycles. The smallest absolute Gasteiger partial charge is 0.191 e. The van der Waals surface area contributed by atoms with Crippen LogP contribution >= 0.6 is 0 Å². The number of ether oxygens (including phenoxy) is 1. The first-order chi connectivity index (χ1) is 10.7. The van der Waals surface area contributed by atoms with Crippen molar-refractivity contribution in [2.24, 2.45) is 4.99 Å². The van der Waals surface area contributed by atoms with Gasteiger partial charge in [0, 0.05) is 26.1 Å². The highest BCUT2D eigenvalue weighted by Crippen LogP contribution is 2.08. The number of hydrogen-bond donors (Lipinski definition) is 2. The van der Waals surface area contributed by atoms with Crippen LogP contribution in [0.5, 0.6) is 5.75 Å². The van der Waals surface area contributed by atoms with Crippen LogP contribution < -0.4 is 15.4 Å². The molecule has 0 aliphatic carbocycles. The fourth-order valence-electron chi connectivity index (χ4n) is 1.91. The second-order valence-corrected chi connectivity index (χ2v) is 5.36. The van der Waals surface area contributed by atoms with Crippen molar-refractivity contribution in [3.8, 4) is 5.75 Å². The maximum Gasteiger partial charge on any atom is 0.191 e. The molecule has 0 aromatic heterocycles. The number of aliphatic imine (C=N–C) groups is 1. The molecule has 0 bridgehead atoms. The molecule has 0 aliphatic rings. The van der Waals surface area contributed by atoms with E-state index in [0.29, 0.717) is 6.61 Å². The maximum absolute atomic E-state index is 5.66. The van der Waals surface area contributed by atoms with Crippen molar-refractivity contribution in [3.63, 3.8) is 0 Å². The Morgan fingerprint density at radius 2 is 1.91 bits per heavy atom. The summed E-state index contributed by atoms with van der Waals surface area (Å²) < 4.78 is 5.66. The lowest BCUT2D eigenvalue weighted by molar-refractivity contribution is 0.313. The van der Waals surface area contributed by atoms with Gasteiger partial charge in [-0.1, -0.05) is 18.2 Å². The molecule has 0 heterocycles. The first kappa shape index (κ1) is 18.3. The van der Waals surface area contributed by atoms with Crippen molar-refractivity contribution in [1.82, 2.24) is 15.5 Å². The van der Waals surface area contributed by atoms with Gasteiger partial charge in [0.15, 0.2) is 5.96 Å². The Hall–Kier alpha value is -1.75. The predicted molar refractivity (Wildman–Crippen MR) is 93.7 cm³/mol. The molecule has 0 saturated carbocycles. The average Bonchev–Trinajstić information content (AvgIpc) is 2.52. The molecule has 1 aromatic rings. The van der Waals surface area contributed by atoms with Crippen LogP contribution in [0.25, 0.3) is 0 Å². The Bertz CT molecular complexity index is 406. The van der Waals surface area contributed by atoms with Gasteiger partial charge in [-0.05, 0) is 46.1 Å². The van der Waals surface area contributed by atoms with E-state index in [0.717, 1.165) is 50.7 Å². The number of guanidine groups is 1. The van der Waals surface area contributed by atoms with Gasteiger partial charge < -0.3 is 20.3 Å². The number of nitrogens with one attached hydrogen (secondary N) is 2. The van der Waals surface area contributed by atoms with Crippen molar-refractivity contribution < 1.29 is 4.74 Å². The minimum absolute atomic E-state index is 0.688. The van der Waals surface area contributed by atoms with E-state index < -0.39 is 0 Å². The topological polar surface area (TPSA) is 48.9 Å². The summed E-state index contributed by atoms with van der Waals surface area (Å²) in [5.74, 6) is 1.81. The monoisotopic (exact) mass is 306 g/mol. The fraction of sp³-hybridized carbons (Fsp3) is 0.588. The summed E-state index contributed by atoms with van der Waals surface area (Å²) in [5, 5.41) is 6.62. The van der Waals surface area contributed by atoms with Crippen molar-refractivity contribution in [2.45, 2.75) is 19.8 Å². The molecule has 0 amide bonds. The van der Waals surface area contributed by atoms with E-state index in [1.165, 1.54) is 0 Å². The lowest BCUT2D eigenvalue weighted by Gasteiger charge is -2.13. The highest BCUT2D eigenvalue weighted by molar-refractivity contribution is 5.79. The van der Waals surface area contributed by atoms with Gasteiger partial charge in [-0.2, -0.15) is 0 Å². The fourth-order valence-corrected chi connectivity index (χ4v) is 1.91. The third kappa shape index (κ3) is 9.23. The van der Waals surface area contributed by atoms with Gasteiger partial charge in [0.25, 0.3) is 0 Å². The number of para-hydroxylation sites is 1. The number of rotatable bonds is 10. The molecule has 124 valence electrons. The first-order valence-electron chi connectivity index (χ1n) is 8.07. The molecular weight excluding hydrogens is 276 g/mol. The molecule has 22 heavy (non-hydrogen) atoms.